The van der Waals surface area contributed by atoms with E-state index < -0.39 is 0 Å². The fourth-order valence-electron chi connectivity index (χ4n) is 3.71. The van der Waals surface area contributed by atoms with Gasteiger partial charge >= 0.3 is 0 Å². The SMILES string of the molecule is CCCN(CC#Cc1cccc(CO)c1)Cc1cccc(OCc2cc(-c3ccsc3)cs2)c1. The standard InChI is InChI=1S/C29H29NO2S2/c1-2-12-30(13-5-9-23-6-3-8-25(15-23)19-31)18-24-7-4-10-28(16-24)32-20-29-17-27(22-34-29)26-11-14-33-21-26/h3-4,6-8,10-11,14-17,21-22,31H,2,12-13,18-20H2,1H3. The number of rotatable bonds is 10. The van der Waals surface area contributed by atoms with Crippen molar-refractivity contribution in [1.29, 1.82) is 0 Å². The van der Waals surface area contributed by atoms with Gasteiger partial charge in [-0.2, -0.15) is 11.3 Å². The van der Waals surface area contributed by atoms with Crippen molar-refractivity contribution in [2.75, 3.05) is 13.1 Å². The first kappa shape index (κ1) is 24.3. The first-order valence-corrected chi connectivity index (χ1v) is 13.3. The van der Waals surface area contributed by atoms with Crippen molar-refractivity contribution in [2.45, 2.75) is 33.1 Å². The maximum Gasteiger partial charge on any atom is 0.122 e. The van der Waals surface area contributed by atoms with Gasteiger partial charge in [0.25, 0.3) is 0 Å². The summed E-state index contributed by atoms with van der Waals surface area (Å²) in [5.74, 6) is 7.42. The maximum atomic E-state index is 9.31. The Morgan fingerprint density at radius 1 is 0.971 bits per heavy atom. The molecule has 1 N–H and O–H groups in total. The van der Waals surface area contributed by atoms with Crippen LogP contribution in [0.25, 0.3) is 11.1 Å². The van der Waals surface area contributed by atoms with Crippen LogP contribution in [0.1, 0.15) is 34.9 Å². The molecule has 2 aromatic carbocycles. The number of aliphatic hydroxyl groups excluding tert-OH is 1. The average Bonchev–Trinajstić information content (AvgIpc) is 3.56. The molecule has 0 aliphatic heterocycles. The number of nitrogens with zero attached hydrogens (tertiary/aromatic N) is 1. The maximum absolute atomic E-state index is 9.31. The van der Waals surface area contributed by atoms with Gasteiger partial charge in [0.15, 0.2) is 0 Å². The lowest BCUT2D eigenvalue weighted by atomic mass is 10.1. The molecule has 0 spiro atoms. The molecule has 0 amide bonds. The highest BCUT2D eigenvalue weighted by atomic mass is 32.1. The minimum atomic E-state index is 0.0398. The molecule has 2 aromatic heterocycles. The molecule has 0 unspecified atom stereocenters. The van der Waals surface area contributed by atoms with Gasteiger partial charge in [0, 0.05) is 17.0 Å². The highest BCUT2D eigenvalue weighted by Crippen LogP contribution is 2.28. The van der Waals surface area contributed by atoms with Crippen molar-refractivity contribution in [3.05, 3.63) is 98.4 Å². The number of benzene rings is 2. The summed E-state index contributed by atoms with van der Waals surface area (Å²) >= 11 is 3.46. The lowest BCUT2D eigenvalue weighted by Crippen LogP contribution is -2.24. The normalized spacial score (nSPS) is 10.8. The molecule has 2 heterocycles. The van der Waals surface area contributed by atoms with Crippen molar-refractivity contribution in [3.63, 3.8) is 0 Å². The molecule has 0 saturated carbocycles. The van der Waals surface area contributed by atoms with Crippen LogP contribution in [0.15, 0.2) is 76.8 Å². The van der Waals surface area contributed by atoms with E-state index in [0.29, 0.717) is 13.2 Å². The molecule has 3 nitrogen and oxygen atoms in total. The molecular weight excluding hydrogens is 458 g/mol. The lowest BCUT2D eigenvalue weighted by molar-refractivity contribution is 0.282. The minimum absolute atomic E-state index is 0.0398. The van der Waals surface area contributed by atoms with Gasteiger partial charge in [-0.15, -0.1) is 11.3 Å². The Bertz CT molecular complexity index is 1230. The molecule has 5 heteroatoms. The molecule has 0 fully saturated rings. The van der Waals surface area contributed by atoms with E-state index in [4.69, 9.17) is 4.74 Å². The molecule has 0 saturated heterocycles. The van der Waals surface area contributed by atoms with E-state index >= 15 is 0 Å². The number of thiophene rings is 2. The fraction of sp³-hybridized carbons (Fsp3) is 0.241. The summed E-state index contributed by atoms with van der Waals surface area (Å²) in [6, 6.07) is 20.5. The first-order chi connectivity index (χ1) is 16.7. The monoisotopic (exact) mass is 487 g/mol. The van der Waals surface area contributed by atoms with Gasteiger partial charge in [-0.3, -0.25) is 4.90 Å². The minimum Gasteiger partial charge on any atom is -0.488 e. The van der Waals surface area contributed by atoms with Crippen LogP contribution in [0.3, 0.4) is 0 Å². The van der Waals surface area contributed by atoms with Crippen LogP contribution in [-0.2, 0) is 19.8 Å². The summed E-state index contributed by atoms with van der Waals surface area (Å²) in [6.45, 7) is 5.32. The molecule has 174 valence electrons. The Balaban J connectivity index is 1.34. The molecule has 0 aliphatic carbocycles. The van der Waals surface area contributed by atoms with E-state index in [0.717, 1.165) is 36.4 Å². The lowest BCUT2D eigenvalue weighted by Gasteiger charge is -2.19. The largest absolute Gasteiger partial charge is 0.488 e. The van der Waals surface area contributed by atoms with Crippen LogP contribution in [-0.4, -0.2) is 23.1 Å². The zero-order valence-electron chi connectivity index (χ0n) is 19.4. The molecule has 4 rings (SSSR count). The van der Waals surface area contributed by atoms with E-state index in [1.807, 2.05) is 30.3 Å². The predicted molar refractivity (Wildman–Crippen MR) is 143 cm³/mol. The van der Waals surface area contributed by atoms with E-state index in [2.05, 4.69) is 70.1 Å². The first-order valence-electron chi connectivity index (χ1n) is 11.5. The van der Waals surface area contributed by atoms with Gasteiger partial charge in [-0.05, 0) is 87.8 Å². The Morgan fingerprint density at radius 3 is 2.68 bits per heavy atom. The van der Waals surface area contributed by atoms with Crippen LogP contribution in [0.2, 0.25) is 0 Å². The third kappa shape index (κ3) is 7.06. The van der Waals surface area contributed by atoms with Gasteiger partial charge < -0.3 is 9.84 Å². The number of aliphatic hydroxyl groups is 1. The summed E-state index contributed by atoms with van der Waals surface area (Å²) in [6.07, 6.45) is 1.07. The third-order valence-corrected chi connectivity index (χ3v) is 6.97. The van der Waals surface area contributed by atoms with E-state index in [1.165, 1.54) is 21.6 Å². The highest BCUT2D eigenvalue weighted by Gasteiger charge is 2.07. The molecule has 0 aliphatic rings. The number of hydrogen-bond acceptors (Lipinski definition) is 5. The predicted octanol–water partition coefficient (Wildman–Crippen LogP) is 6.81. The Kier molecular flexibility index (Phi) is 8.95. The third-order valence-electron chi connectivity index (χ3n) is 5.38. The van der Waals surface area contributed by atoms with Crippen LogP contribution in [0, 0.1) is 11.8 Å². The Morgan fingerprint density at radius 2 is 1.85 bits per heavy atom. The van der Waals surface area contributed by atoms with Gasteiger partial charge in [-0.25, -0.2) is 0 Å². The summed E-state index contributed by atoms with van der Waals surface area (Å²) in [7, 11) is 0. The zero-order chi connectivity index (χ0) is 23.6. The Hall–Kier alpha value is -2.88. The van der Waals surface area contributed by atoms with Gasteiger partial charge in [0.1, 0.15) is 12.4 Å². The highest BCUT2D eigenvalue weighted by molar-refractivity contribution is 7.10. The summed E-state index contributed by atoms with van der Waals surface area (Å²) in [4.78, 5) is 3.58. The van der Waals surface area contributed by atoms with Gasteiger partial charge in [-0.1, -0.05) is 43.0 Å². The van der Waals surface area contributed by atoms with E-state index in [-0.39, 0.29) is 6.61 Å². The van der Waals surface area contributed by atoms with Gasteiger partial charge in [0.2, 0.25) is 0 Å². The quantitative estimate of drug-likeness (QED) is 0.249. The number of hydrogen-bond donors (Lipinski definition) is 1. The fourth-order valence-corrected chi connectivity index (χ4v) is 5.18. The zero-order valence-corrected chi connectivity index (χ0v) is 21.0. The van der Waals surface area contributed by atoms with Gasteiger partial charge in [0.05, 0.1) is 13.2 Å². The van der Waals surface area contributed by atoms with Crippen LogP contribution in [0.5, 0.6) is 5.75 Å². The molecule has 34 heavy (non-hydrogen) atoms. The van der Waals surface area contributed by atoms with Crippen molar-refractivity contribution >= 4 is 22.7 Å². The van der Waals surface area contributed by atoms with Crippen molar-refractivity contribution in [1.82, 2.24) is 4.90 Å². The topological polar surface area (TPSA) is 32.7 Å². The van der Waals surface area contributed by atoms with Crippen molar-refractivity contribution in [2.24, 2.45) is 0 Å². The van der Waals surface area contributed by atoms with Crippen LogP contribution >= 0.6 is 22.7 Å². The molecule has 0 atom stereocenters. The summed E-state index contributed by atoms with van der Waals surface area (Å²) in [5.41, 5.74) is 5.58. The van der Waals surface area contributed by atoms with E-state index in [9.17, 15) is 5.11 Å². The van der Waals surface area contributed by atoms with Crippen molar-refractivity contribution in [3.8, 4) is 28.7 Å². The second-order valence-corrected chi connectivity index (χ2v) is 9.90. The molecule has 4 aromatic rings. The number of ether oxygens (including phenoxy) is 1. The summed E-state index contributed by atoms with van der Waals surface area (Å²) in [5, 5.41) is 15.8. The smallest absolute Gasteiger partial charge is 0.122 e. The van der Waals surface area contributed by atoms with Crippen molar-refractivity contribution < 1.29 is 9.84 Å². The molecule has 0 bridgehead atoms. The Labute approximate surface area is 210 Å². The van der Waals surface area contributed by atoms with E-state index in [1.54, 1.807) is 22.7 Å². The molecule has 0 radical (unpaired) electrons. The van der Waals surface area contributed by atoms with Crippen LogP contribution in [0.4, 0.5) is 0 Å². The second kappa shape index (κ2) is 12.5. The average molecular weight is 488 g/mol. The summed E-state index contributed by atoms with van der Waals surface area (Å²) < 4.78 is 6.11. The second-order valence-electron chi connectivity index (χ2n) is 8.12. The molecular formula is C29H29NO2S2. The van der Waals surface area contributed by atoms with Crippen LogP contribution < -0.4 is 4.74 Å².